The lowest BCUT2D eigenvalue weighted by molar-refractivity contribution is 0.300. The maximum atomic E-state index is 12.3. The molecule has 1 saturated carbocycles. The highest BCUT2D eigenvalue weighted by Crippen LogP contribution is 2.34. The SMILES string of the molecule is CCN(C1CC1)S(=O)(=O)c1ccc(CCO)s1. The molecule has 4 nitrogen and oxygen atoms in total. The van der Waals surface area contributed by atoms with Crippen molar-refractivity contribution in [3.63, 3.8) is 0 Å². The predicted molar refractivity (Wildman–Crippen MR) is 67.7 cm³/mol. The van der Waals surface area contributed by atoms with Crippen molar-refractivity contribution in [2.75, 3.05) is 13.2 Å². The Morgan fingerprint density at radius 2 is 2.18 bits per heavy atom. The van der Waals surface area contributed by atoms with E-state index in [4.69, 9.17) is 5.11 Å². The molecule has 0 spiro atoms. The quantitative estimate of drug-likeness (QED) is 0.855. The van der Waals surface area contributed by atoms with Crippen LogP contribution in [0.4, 0.5) is 0 Å². The first-order valence-electron chi connectivity index (χ1n) is 5.81. The molecule has 0 radical (unpaired) electrons. The number of hydrogen-bond acceptors (Lipinski definition) is 4. The lowest BCUT2D eigenvalue weighted by Gasteiger charge is -2.18. The smallest absolute Gasteiger partial charge is 0.252 e. The zero-order valence-electron chi connectivity index (χ0n) is 9.80. The Kier molecular flexibility index (Phi) is 3.87. The molecular formula is C11H17NO3S2. The molecule has 0 atom stereocenters. The summed E-state index contributed by atoms with van der Waals surface area (Å²) in [5.74, 6) is 0. The Morgan fingerprint density at radius 1 is 1.47 bits per heavy atom. The van der Waals surface area contributed by atoms with E-state index in [1.807, 2.05) is 6.92 Å². The third-order valence-corrected chi connectivity index (χ3v) is 6.46. The van der Waals surface area contributed by atoms with Gasteiger partial charge in [0.2, 0.25) is 0 Å². The van der Waals surface area contributed by atoms with Crippen molar-refractivity contribution < 1.29 is 13.5 Å². The Morgan fingerprint density at radius 3 is 2.71 bits per heavy atom. The first-order valence-corrected chi connectivity index (χ1v) is 8.06. The lowest BCUT2D eigenvalue weighted by atomic mass is 10.4. The summed E-state index contributed by atoms with van der Waals surface area (Å²) in [4.78, 5) is 0.915. The van der Waals surface area contributed by atoms with Crippen LogP contribution in [-0.2, 0) is 16.4 Å². The Balaban J connectivity index is 2.23. The number of thiophene rings is 1. The van der Waals surface area contributed by atoms with Crippen LogP contribution in [0, 0.1) is 0 Å². The Bertz CT molecular complexity index is 477. The fourth-order valence-electron chi connectivity index (χ4n) is 1.84. The molecule has 1 aromatic rings. The number of rotatable bonds is 6. The fourth-order valence-corrected chi connectivity index (χ4v) is 5.01. The highest BCUT2D eigenvalue weighted by molar-refractivity contribution is 7.91. The molecule has 17 heavy (non-hydrogen) atoms. The number of aliphatic hydroxyl groups is 1. The molecular weight excluding hydrogens is 258 g/mol. The summed E-state index contributed by atoms with van der Waals surface area (Å²) in [6, 6.07) is 3.64. The van der Waals surface area contributed by atoms with E-state index in [0.717, 1.165) is 17.7 Å². The van der Waals surface area contributed by atoms with Gasteiger partial charge < -0.3 is 5.11 Å². The average Bonchev–Trinajstić information content (AvgIpc) is 2.97. The maximum Gasteiger partial charge on any atom is 0.252 e. The summed E-state index contributed by atoms with van der Waals surface area (Å²) < 4.78 is 26.7. The van der Waals surface area contributed by atoms with E-state index in [9.17, 15) is 8.42 Å². The minimum absolute atomic E-state index is 0.0557. The van der Waals surface area contributed by atoms with Gasteiger partial charge in [-0.05, 0) is 25.0 Å². The summed E-state index contributed by atoms with van der Waals surface area (Å²) in [5, 5.41) is 8.83. The van der Waals surface area contributed by atoms with Gasteiger partial charge in [-0.3, -0.25) is 0 Å². The molecule has 2 rings (SSSR count). The van der Waals surface area contributed by atoms with Crippen molar-refractivity contribution >= 4 is 21.4 Å². The number of hydrogen-bond donors (Lipinski definition) is 1. The number of sulfonamides is 1. The third-order valence-electron chi connectivity index (χ3n) is 2.82. The van der Waals surface area contributed by atoms with Crippen LogP contribution in [0.5, 0.6) is 0 Å². The molecule has 0 amide bonds. The maximum absolute atomic E-state index is 12.3. The first-order chi connectivity index (χ1) is 8.09. The standard InChI is InChI=1S/C11H17NO3S2/c1-2-12(9-3-4-9)17(14,15)11-6-5-10(16-11)7-8-13/h5-6,9,13H,2-4,7-8H2,1H3. The third kappa shape index (κ3) is 2.70. The molecule has 0 aliphatic heterocycles. The van der Waals surface area contributed by atoms with Gasteiger partial charge in [-0.15, -0.1) is 11.3 Å². The van der Waals surface area contributed by atoms with Crippen molar-refractivity contribution in [2.24, 2.45) is 0 Å². The van der Waals surface area contributed by atoms with Crippen LogP contribution in [0.25, 0.3) is 0 Å². The van der Waals surface area contributed by atoms with Gasteiger partial charge in [-0.25, -0.2) is 8.42 Å². The van der Waals surface area contributed by atoms with Crippen LogP contribution < -0.4 is 0 Å². The largest absolute Gasteiger partial charge is 0.396 e. The van der Waals surface area contributed by atoms with Crippen molar-refractivity contribution in [2.45, 2.75) is 36.4 Å². The van der Waals surface area contributed by atoms with E-state index in [1.54, 1.807) is 16.4 Å². The molecule has 1 aliphatic carbocycles. The van der Waals surface area contributed by atoms with Crippen molar-refractivity contribution in [1.82, 2.24) is 4.31 Å². The van der Waals surface area contributed by atoms with E-state index in [1.165, 1.54) is 11.3 Å². The molecule has 96 valence electrons. The lowest BCUT2D eigenvalue weighted by Crippen LogP contribution is -2.32. The number of nitrogens with zero attached hydrogens (tertiary/aromatic N) is 1. The van der Waals surface area contributed by atoms with Crippen LogP contribution in [0.3, 0.4) is 0 Å². The molecule has 1 aromatic heterocycles. The molecule has 0 aromatic carbocycles. The van der Waals surface area contributed by atoms with Crippen LogP contribution in [0.1, 0.15) is 24.6 Å². The summed E-state index contributed by atoms with van der Waals surface area (Å²) in [5.41, 5.74) is 0. The van der Waals surface area contributed by atoms with Crippen LogP contribution in [0.2, 0.25) is 0 Å². The van der Waals surface area contributed by atoms with Gasteiger partial charge in [0.1, 0.15) is 4.21 Å². The second kappa shape index (κ2) is 5.06. The van der Waals surface area contributed by atoms with Gasteiger partial charge in [0.15, 0.2) is 0 Å². The first kappa shape index (κ1) is 13.0. The number of aliphatic hydroxyl groups excluding tert-OH is 1. The fraction of sp³-hybridized carbons (Fsp3) is 0.636. The van der Waals surface area contributed by atoms with Gasteiger partial charge in [-0.1, -0.05) is 6.92 Å². The minimum atomic E-state index is -3.32. The monoisotopic (exact) mass is 275 g/mol. The molecule has 1 heterocycles. The highest BCUT2D eigenvalue weighted by Gasteiger charge is 2.37. The highest BCUT2D eigenvalue weighted by atomic mass is 32.2. The van der Waals surface area contributed by atoms with Crippen molar-refractivity contribution in [3.8, 4) is 0 Å². The molecule has 0 bridgehead atoms. The topological polar surface area (TPSA) is 57.6 Å². The van der Waals surface area contributed by atoms with E-state index in [2.05, 4.69) is 0 Å². The van der Waals surface area contributed by atoms with Gasteiger partial charge >= 0.3 is 0 Å². The summed E-state index contributed by atoms with van der Waals surface area (Å²) in [6.45, 7) is 2.46. The zero-order valence-corrected chi connectivity index (χ0v) is 11.4. The Labute approximate surface area is 106 Å². The van der Waals surface area contributed by atoms with Gasteiger partial charge in [0, 0.05) is 30.5 Å². The second-order valence-electron chi connectivity index (χ2n) is 4.13. The average molecular weight is 275 g/mol. The van der Waals surface area contributed by atoms with Gasteiger partial charge in [0.05, 0.1) is 0 Å². The van der Waals surface area contributed by atoms with Crippen LogP contribution >= 0.6 is 11.3 Å². The molecule has 1 fully saturated rings. The second-order valence-corrected chi connectivity index (χ2v) is 7.42. The zero-order chi connectivity index (χ0) is 12.5. The van der Waals surface area contributed by atoms with E-state index in [0.29, 0.717) is 17.2 Å². The van der Waals surface area contributed by atoms with Crippen molar-refractivity contribution in [1.29, 1.82) is 0 Å². The van der Waals surface area contributed by atoms with E-state index in [-0.39, 0.29) is 12.6 Å². The summed E-state index contributed by atoms with van der Waals surface area (Å²) in [7, 11) is -3.32. The van der Waals surface area contributed by atoms with Crippen molar-refractivity contribution in [3.05, 3.63) is 17.0 Å². The molecule has 0 unspecified atom stereocenters. The molecule has 1 N–H and O–H groups in total. The van der Waals surface area contributed by atoms with E-state index >= 15 is 0 Å². The normalized spacial score (nSPS) is 16.6. The van der Waals surface area contributed by atoms with Gasteiger partial charge in [-0.2, -0.15) is 4.31 Å². The predicted octanol–water partition coefficient (Wildman–Crippen LogP) is 1.46. The molecule has 1 aliphatic rings. The summed E-state index contributed by atoms with van der Waals surface area (Å²) >= 11 is 1.26. The minimum Gasteiger partial charge on any atom is -0.396 e. The van der Waals surface area contributed by atoms with Crippen LogP contribution in [-0.4, -0.2) is 37.0 Å². The van der Waals surface area contributed by atoms with Crippen LogP contribution in [0.15, 0.2) is 16.3 Å². The van der Waals surface area contributed by atoms with E-state index < -0.39 is 10.0 Å². The summed E-state index contributed by atoms with van der Waals surface area (Å²) in [6.07, 6.45) is 2.47. The molecule has 0 saturated heterocycles. The Hall–Kier alpha value is -0.430. The molecule has 6 heteroatoms. The van der Waals surface area contributed by atoms with Gasteiger partial charge in [0.25, 0.3) is 10.0 Å².